The molecule has 1 aromatic carbocycles. The number of unbranched alkanes of at least 4 members (excludes halogenated alkanes) is 1. The summed E-state index contributed by atoms with van der Waals surface area (Å²) in [5.74, 6) is 1.18. The third-order valence-electron chi connectivity index (χ3n) is 6.27. The highest BCUT2D eigenvalue weighted by Gasteiger charge is 2.47. The zero-order valence-electron chi connectivity index (χ0n) is 18.9. The number of thioether (sulfide) groups is 1. The zero-order chi connectivity index (χ0) is 23.5. The molecule has 0 spiro atoms. The molecule has 0 unspecified atom stereocenters. The molecule has 33 heavy (non-hydrogen) atoms. The van der Waals surface area contributed by atoms with Crippen LogP contribution in [0, 0.1) is 11.8 Å². The third-order valence-corrected chi connectivity index (χ3v) is 8.05. The Morgan fingerprint density at radius 1 is 1.15 bits per heavy atom. The van der Waals surface area contributed by atoms with Crippen molar-refractivity contribution in [2.75, 3.05) is 25.4 Å². The van der Waals surface area contributed by atoms with Crippen molar-refractivity contribution in [2.45, 2.75) is 50.7 Å². The Bertz CT molecular complexity index is 818. The van der Waals surface area contributed by atoms with E-state index in [0.29, 0.717) is 37.0 Å². The SMILES string of the molecule is O=C(O)CCC/C=C\C[C@H]1[C@@H](CNC(=S)CNCCSC(=S)c2ccccc2)[C@H]2CC[C@@H]1O2. The lowest BCUT2D eigenvalue weighted by molar-refractivity contribution is -0.137. The summed E-state index contributed by atoms with van der Waals surface area (Å²) in [4.78, 5) is 11.5. The minimum atomic E-state index is -0.726. The van der Waals surface area contributed by atoms with E-state index in [0.717, 1.165) is 59.3 Å². The van der Waals surface area contributed by atoms with Crippen LogP contribution in [0.15, 0.2) is 42.5 Å². The van der Waals surface area contributed by atoms with Crippen LogP contribution >= 0.6 is 36.2 Å². The number of hydrogen-bond donors (Lipinski definition) is 3. The van der Waals surface area contributed by atoms with E-state index in [9.17, 15) is 4.79 Å². The van der Waals surface area contributed by atoms with Crippen LogP contribution in [0.4, 0.5) is 0 Å². The maximum atomic E-state index is 10.6. The number of carboxylic acid groups (broad SMARTS) is 1. The van der Waals surface area contributed by atoms with Crippen molar-refractivity contribution in [1.29, 1.82) is 0 Å². The smallest absolute Gasteiger partial charge is 0.303 e. The fourth-order valence-electron chi connectivity index (χ4n) is 4.59. The van der Waals surface area contributed by atoms with Gasteiger partial charge in [-0.1, -0.05) is 66.9 Å². The largest absolute Gasteiger partial charge is 0.481 e. The summed E-state index contributed by atoms with van der Waals surface area (Å²) in [5.41, 5.74) is 1.10. The predicted molar refractivity (Wildman–Crippen MR) is 144 cm³/mol. The number of aliphatic carboxylic acids is 1. The summed E-state index contributed by atoms with van der Waals surface area (Å²) in [6.07, 6.45) is 10.0. The average molecular weight is 507 g/mol. The third kappa shape index (κ3) is 8.76. The van der Waals surface area contributed by atoms with E-state index in [-0.39, 0.29) is 6.42 Å². The van der Waals surface area contributed by atoms with Gasteiger partial charge in [-0.2, -0.15) is 0 Å². The first-order chi connectivity index (χ1) is 16.0. The van der Waals surface area contributed by atoms with Crippen molar-refractivity contribution < 1.29 is 14.6 Å². The minimum absolute atomic E-state index is 0.234. The molecule has 8 heteroatoms. The molecule has 0 aliphatic carbocycles. The van der Waals surface area contributed by atoms with Gasteiger partial charge >= 0.3 is 5.97 Å². The van der Waals surface area contributed by atoms with Crippen LogP contribution in [-0.4, -0.2) is 57.9 Å². The first-order valence-electron chi connectivity index (χ1n) is 11.8. The second-order valence-electron chi connectivity index (χ2n) is 8.59. The second kappa shape index (κ2) is 14.2. The highest BCUT2D eigenvalue weighted by molar-refractivity contribution is 8.23. The Morgan fingerprint density at radius 2 is 1.91 bits per heavy atom. The molecule has 2 aliphatic heterocycles. The molecule has 3 N–H and O–H groups in total. The summed E-state index contributed by atoms with van der Waals surface area (Å²) in [5, 5.41) is 15.6. The van der Waals surface area contributed by atoms with E-state index < -0.39 is 5.97 Å². The zero-order valence-corrected chi connectivity index (χ0v) is 21.4. The Hall–Kier alpha value is -1.32. The molecule has 2 bridgehead atoms. The first-order valence-corrected chi connectivity index (χ1v) is 13.6. The molecule has 1 aromatic rings. The van der Waals surface area contributed by atoms with Gasteiger partial charge in [0.25, 0.3) is 0 Å². The van der Waals surface area contributed by atoms with Gasteiger partial charge in [0.2, 0.25) is 0 Å². The van der Waals surface area contributed by atoms with Gasteiger partial charge in [-0.15, -0.1) is 11.8 Å². The Labute approximate surface area is 212 Å². The molecule has 5 nitrogen and oxygen atoms in total. The van der Waals surface area contributed by atoms with Crippen LogP contribution < -0.4 is 10.6 Å². The molecule has 2 saturated heterocycles. The Balaban J connectivity index is 1.30. The summed E-state index contributed by atoms with van der Waals surface area (Å²) in [7, 11) is 0. The van der Waals surface area contributed by atoms with E-state index in [4.69, 9.17) is 34.3 Å². The lowest BCUT2D eigenvalue weighted by Crippen LogP contribution is -2.40. The molecule has 4 atom stereocenters. The fourth-order valence-corrected chi connectivity index (χ4v) is 5.90. The highest BCUT2D eigenvalue weighted by atomic mass is 32.2. The number of benzene rings is 1. The fraction of sp³-hybridized carbons (Fsp3) is 0.560. The number of ether oxygens (including phenoxy) is 1. The number of carbonyl (C=O) groups is 1. The summed E-state index contributed by atoms with van der Waals surface area (Å²) < 4.78 is 7.11. The van der Waals surface area contributed by atoms with E-state index in [1.807, 2.05) is 30.3 Å². The maximum Gasteiger partial charge on any atom is 0.303 e. The van der Waals surface area contributed by atoms with Gasteiger partial charge in [0.1, 0.15) is 0 Å². The lowest BCUT2D eigenvalue weighted by atomic mass is 9.77. The monoisotopic (exact) mass is 506 g/mol. The van der Waals surface area contributed by atoms with Crippen LogP contribution in [0.2, 0.25) is 0 Å². The Morgan fingerprint density at radius 3 is 2.67 bits per heavy atom. The van der Waals surface area contributed by atoms with Crippen molar-refractivity contribution in [3.05, 3.63) is 48.0 Å². The molecule has 2 fully saturated rings. The molecule has 180 valence electrons. The molecule has 2 aliphatic rings. The number of fused-ring (bicyclic) bond motifs is 2. The van der Waals surface area contributed by atoms with Crippen molar-refractivity contribution in [3.63, 3.8) is 0 Å². The van der Waals surface area contributed by atoms with Gasteiger partial charge in [-0.05, 0) is 43.6 Å². The normalized spacial score (nSPS) is 23.8. The van der Waals surface area contributed by atoms with Crippen LogP contribution in [0.1, 0.15) is 44.1 Å². The standard InChI is InChI=1S/C25H34N2O3S3/c28-24(29)11-7-2-1-6-10-19-20(22-13-12-21(19)30-22)16-27-23(31)17-26-14-15-33-25(32)18-8-4-3-5-9-18/h1,3-6,8-9,19-22,26H,2,7,10-17H2,(H,27,31)(H,28,29)/b6-1-/t19-,20+,21-,22+/m0/s1. The Kier molecular flexibility index (Phi) is 11.3. The molecule has 2 heterocycles. The highest BCUT2D eigenvalue weighted by Crippen LogP contribution is 2.44. The molecule has 0 aromatic heterocycles. The number of rotatable bonds is 14. The van der Waals surface area contributed by atoms with E-state index >= 15 is 0 Å². The van der Waals surface area contributed by atoms with Gasteiger partial charge in [0, 0.05) is 37.7 Å². The van der Waals surface area contributed by atoms with Crippen LogP contribution in [0.5, 0.6) is 0 Å². The van der Waals surface area contributed by atoms with Crippen LogP contribution in [0.25, 0.3) is 0 Å². The number of hydrogen-bond acceptors (Lipinski definition) is 6. The second-order valence-corrected chi connectivity index (χ2v) is 10.9. The number of carboxylic acids is 1. The number of allylic oxidation sites excluding steroid dienone is 2. The maximum absolute atomic E-state index is 10.6. The summed E-state index contributed by atoms with van der Waals surface area (Å²) in [6.45, 7) is 2.38. The van der Waals surface area contributed by atoms with Gasteiger partial charge in [0.15, 0.2) is 0 Å². The number of thiocarbonyl (C=S) groups is 2. The molecule has 0 amide bonds. The van der Waals surface area contributed by atoms with Gasteiger partial charge < -0.3 is 20.5 Å². The van der Waals surface area contributed by atoms with Crippen molar-refractivity contribution in [2.24, 2.45) is 11.8 Å². The minimum Gasteiger partial charge on any atom is -0.481 e. The van der Waals surface area contributed by atoms with Gasteiger partial charge in [-0.25, -0.2) is 0 Å². The van der Waals surface area contributed by atoms with E-state index in [2.05, 4.69) is 22.8 Å². The van der Waals surface area contributed by atoms with Crippen molar-refractivity contribution in [3.8, 4) is 0 Å². The first kappa shape index (κ1) is 26.3. The molecular formula is C25H34N2O3S3. The van der Waals surface area contributed by atoms with Gasteiger partial charge in [0.05, 0.1) is 21.4 Å². The predicted octanol–water partition coefficient (Wildman–Crippen LogP) is 4.60. The number of nitrogens with one attached hydrogen (secondary N) is 2. The van der Waals surface area contributed by atoms with Gasteiger partial charge in [-0.3, -0.25) is 4.79 Å². The van der Waals surface area contributed by atoms with Crippen LogP contribution in [0.3, 0.4) is 0 Å². The topological polar surface area (TPSA) is 70.6 Å². The van der Waals surface area contributed by atoms with Crippen molar-refractivity contribution in [1.82, 2.24) is 10.6 Å². The average Bonchev–Trinajstić information content (AvgIpc) is 3.42. The molecular weight excluding hydrogens is 472 g/mol. The molecule has 0 saturated carbocycles. The lowest BCUT2D eigenvalue weighted by Gasteiger charge is -2.28. The summed E-state index contributed by atoms with van der Waals surface area (Å²) >= 11 is 12.7. The summed E-state index contributed by atoms with van der Waals surface area (Å²) in [6, 6.07) is 10.1. The molecule has 0 radical (unpaired) electrons. The van der Waals surface area contributed by atoms with E-state index in [1.54, 1.807) is 11.8 Å². The molecule has 3 rings (SSSR count). The quantitative estimate of drug-likeness (QED) is 0.192. The van der Waals surface area contributed by atoms with Crippen LogP contribution in [-0.2, 0) is 9.53 Å². The van der Waals surface area contributed by atoms with E-state index in [1.165, 1.54) is 0 Å². The van der Waals surface area contributed by atoms with Crippen molar-refractivity contribution >= 4 is 51.4 Å².